The van der Waals surface area contributed by atoms with E-state index in [1.54, 1.807) is 0 Å². The van der Waals surface area contributed by atoms with Crippen LogP contribution in [0, 0.1) is 7.43 Å². The van der Waals surface area contributed by atoms with Crippen LogP contribution < -0.4 is 0 Å². The number of fused-ring (bicyclic) bond motifs is 1. The van der Waals surface area contributed by atoms with Crippen LogP contribution in [-0.2, 0) is 11.2 Å². The van der Waals surface area contributed by atoms with Crippen LogP contribution in [0.25, 0.3) is 10.8 Å². The van der Waals surface area contributed by atoms with Gasteiger partial charge in [-0.3, -0.25) is 4.79 Å². The minimum Gasteiger partial charge on any atom is -0.481 e. The topological polar surface area (TPSA) is 37.3 Å². The Morgan fingerprint density at radius 3 is 2.47 bits per heavy atom. The number of benzene rings is 2. The van der Waals surface area contributed by atoms with E-state index in [9.17, 15) is 4.79 Å². The van der Waals surface area contributed by atoms with Gasteiger partial charge in [0.05, 0.1) is 6.42 Å². The maximum Gasteiger partial charge on any atom is 0.307 e. The molecule has 0 unspecified atom stereocenters. The van der Waals surface area contributed by atoms with Crippen LogP contribution in [0.2, 0.25) is 0 Å². The number of carbonyl (C=O) groups is 1. The Bertz CT molecular complexity index is 469. The summed E-state index contributed by atoms with van der Waals surface area (Å²) in [5.74, 6) is -0.790. The van der Waals surface area contributed by atoms with Crippen LogP contribution in [0.1, 0.15) is 5.56 Å². The monoisotopic (exact) mass is 198 g/mol. The highest BCUT2D eigenvalue weighted by atomic mass is 16.4. The Hall–Kier alpha value is -1.83. The van der Waals surface area contributed by atoms with Gasteiger partial charge in [0.25, 0.3) is 0 Å². The summed E-state index contributed by atoms with van der Waals surface area (Å²) >= 11 is 0. The largest absolute Gasteiger partial charge is 0.481 e. The second-order valence-electron chi connectivity index (χ2n) is 3.21. The third-order valence-electron chi connectivity index (χ3n) is 2.22. The van der Waals surface area contributed by atoms with Gasteiger partial charge in [-0.25, -0.2) is 0 Å². The highest BCUT2D eigenvalue weighted by Crippen LogP contribution is 2.18. The molecular weight excluding hydrogens is 188 g/mol. The Kier molecular flexibility index (Phi) is 3.45. The van der Waals surface area contributed by atoms with Crippen molar-refractivity contribution in [3.05, 3.63) is 55.5 Å². The lowest BCUT2D eigenvalue weighted by Gasteiger charge is -2.02. The van der Waals surface area contributed by atoms with Crippen LogP contribution in [0.3, 0.4) is 0 Å². The molecular formula is C13H10O2. The molecule has 2 nitrogen and oxygen atoms in total. The molecule has 0 atom stereocenters. The number of aliphatic carboxylic acids is 1. The van der Waals surface area contributed by atoms with Crippen molar-refractivity contribution in [2.24, 2.45) is 0 Å². The van der Waals surface area contributed by atoms with Gasteiger partial charge in [0.15, 0.2) is 0 Å². The van der Waals surface area contributed by atoms with Gasteiger partial charge < -0.3 is 5.11 Å². The first-order valence-corrected chi connectivity index (χ1v) is 4.46. The third kappa shape index (κ3) is 2.34. The fourth-order valence-electron chi connectivity index (χ4n) is 1.61. The SMILES string of the molecule is O=C(O)Cc1cccc2ccccc12.[C]. The Morgan fingerprint density at radius 2 is 1.73 bits per heavy atom. The zero-order valence-corrected chi connectivity index (χ0v) is 8.10. The molecule has 4 radical (unpaired) electrons. The first-order valence-electron chi connectivity index (χ1n) is 4.46. The Balaban J connectivity index is 0.00000112. The van der Waals surface area contributed by atoms with Crippen molar-refractivity contribution in [3.8, 4) is 0 Å². The fourth-order valence-corrected chi connectivity index (χ4v) is 1.61. The predicted molar refractivity (Wildman–Crippen MR) is 58.5 cm³/mol. The zero-order valence-electron chi connectivity index (χ0n) is 8.10. The lowest BCUT2D eigenvalue weighted by molar-refractivity contribution is -0.136. The molecule has 0 aliphatic rings. The molecule has 2 rings (SSSR count). The molecule has 15 heavy (non-hydrogen) atoms. The summed E-state index contributed by atoms with van der Waals surface area (Å²) in [6, 6.07) is 13.5. The van der Waals surface area contributed by atoms with E-state index in [0.717, 1.165) is 16.3 Å². The molecule has 2 aromatic carbocycles. The molecule has 2 heteroatoms. The van der Waals surface area contributed by atoms with Gasteiger partial charge in [-0.1, -0.05) is 42.5 Å². The number of hydrogen-bond donors (Lipinski definition) is 1. The van der Waals surface area contributed by atoms with Crippen molar-refractivity contribution in [1.82, 2.24) is 0 Å². The van der Waals surface area contributed by atoms with Gasteiger partial charge in [-0.05, 0) is 16.3 Å². The molecule has 1 N–H and O–H groups in total. The van der Waals surface area contributed by atoms with Crippen LogP contribution in [0.4, 0.5) is 0 Å². The lowest BCUT2D eigenvalue weighted by atomic mass is 10.0. The average molecular weight is 198 g/mol. The summed E-state index contributed by atoms with van der Waals surface area (Å²) < 4.78 is 0. The van der Waals surface area contributed by atoms with Crippen molar-refractivity contribution in [3.63, 3.8) is 0 Å². The van der Waals surface area contributed by atoms with E-state index in [1.807, 2.05) is 42.5 Å². The van der Waals surface area contributed by atoms with Gasteiger partial charge >= 0.3 is 5.97 Å². The van der Waals surface area contributed by atoms with E-state index in [-0.39, 0.29) is 13.8 Å². The van der Waals surface area contributed by atoms with Crippen molar-refractivity contribution in [2.75, 3.05) is 0 Å². The van der Waals surface area contributed by atoms with Crippen LogP contribution in [0.5, 0.6) is 0 Å². The van der Waals surface area contributed by atoms with Gasteiger partial charge in [0.1, 0.15) is 0 Å². The highest BCUT2D eigenvalue weighted by Gasteiger charge is 2.03. The maximum absolute atomic E-state index is 10.6. The van der Waals surface area contributed by atoms with E-state index >= 15 is 0 Å². The molecule has 0 aromatic heterocycles. The molecule has 0 spiro atoms. The highest BCUT2D eigenvalue weighted by molar-refractivity contribution is 5.88. The van der Waals surface area contributed by atoms with Crippen LogP contribution in [0.15, 0.2) is 42.5 Å². The summed E-state index contributed by atoms with van der Waals surface area (Å²) in [7, 11) is 0. The Morgan fingerprint density at radius 1 is 1.07 bits per heavy atom. The molecule has 0 bridgehead atoms. The van der Waals surface area contributed by atoms with Crippen molar-refractivity contribution in [2.45, 2.75) is 6.42 Å². The molecule has 0 aliphatic heterocycles. The average Bonchev–Trinajstić information content (AvgIpc) is 2.18. The number of carboxylic acids is 1. The van der Waals surface area contributed by atoms with Gasteiger partial charge in [0, 0.05) is 7.43 Å². The van der Waals surface area contributed by atoms with Crippen molar-refractivity contribution >= 4 is 16.7 Å². The third-order valence-corrected chi connectivity index (χ3v) is 2.22. The molecule has 0 heterocycles. The summed E-state index contributed by atoms with van der Waals surface area (Å²) in [6.45, 7) is 0. The predicted octanol–water partition coefficient (Wildman–Crippen LogP) is 2.55. The van der Waals surface area contributed by atoms with Gasteiger partial charge in [0.2, 0.25) is 0 Å². The summed E-state index contributed by atoms with van der Waals surface area (Å²) in [4.78, 5) is 10.6. The molecule has 2 aromatic rings. The summed E-state index contributed by atoms with van der Waals surface area (Å²) in [5, 5.41) is 10.8. The normalized spacial score (nSPS) is 9.60. The van der Waals surface area contributed by atoms with Gasteiger partial charge in [-0.2, -0.15) is 0 Å². The smallest absolute Gasteiger partial charge is 0.307 e. The van der Waals surface area contributed by atoms with E-state index < -0.39 is 5.97 Å². The zero-order chi connectivity index (χ0) is 9.97. The van der Waals surface area contributed by atoms with Crippen LogP contribution >= 0.6 is 0 Å². The standard InChI is InChI=1S/C12H10O2.C/c13-12(14)8-10-6-3-5-9-4-1-2-7-11(9)10;/h1-7H,8H2,(H,13,14);. The first-order chi connectivity index (χ1) is 6.77. The fraction of sp³-hybridized carbons (Fsp3) is 0.0769. The summed E-state index contributed by atoms with van der Waals surface area (Å²) in [6.07, 6.45) is 0.0847. The van der Waals surface area contributed by atoms with Gasteiger partial charge in [-0.15, -0.1) is 0 Å². The summed E-state index contributed by atoms with van der Waals surface area (Å²) in [5.41, 5.74) is 0.871. The first kappa shape index (κ1) is 11.2. The van der Waals surface area contributed by atoms with E-state index in [2.05, 4.69) is 0 Å². The number of hydrogen-bond acceptors (Lipinski definition) is 1. The van der Waals surface area contributed by atoms with E-state index in [4.69, 9.17) is 5.11 Å². The number of rotatable bonds is 2. The minimum absolute atomic E-state index is 0. The van der Waals surface area contributed by atoms with Crippen LogP contribution in [-0.4, -0.2) is 11.1 Å². The molecule has 74 valence electrons. The molecule has 0 amide bonds. The molecule has 0 saturated carbocycles. The minimum atomic E-state index is -0.790. The lowest BCUT2D eigenvalue weighted by Crippen LogP contribution is -2.00. The second-order valence-corrected chi connectivity index (χ2v) is 3.21. The van der Waals surface area contributed by atoms with Crippen molar-refractivity contribution in [1.29, 1.82) is 0 Å². The quantitative estimate of drug-likeness (QED) is 0.805. The number of carboxylic acid groups (broad SMARTS) is 1. The van der Waals surface area contributed by atoms with Crippen molar-refractivity contribution < 1.29 is 9.90 Å². The Labute approximate surface area is 89.2 Å². The van der Waals surface area contributed by atoms with E-state index in [1.165, 1.54) is 0 Å². The molecule has 0 fully saturated rings. The van der Waals surface area contributed by atoms with E-state index in [0.29, 0.717) is 0 Å². The maximum atomic E-state index is 10.6. The molecule has 0 aliphatic carbocycles. The molecule has 0 saturated heterocycles. The second kappa shape index (κ2) is 4.60.